The van der Waals surface area contributed by atoms with Gasteiger partial charge in [0.05, 0.1) is 13.2 Å². The molecule has 2 fully saturated rings. The highest BCUT2D eigenvalue weighted by molar-refractivity contribution is 5.69. The topological polar surface area (TPSA) is 50.8 Å². The number of halogens is 1. The number of benzene rings is 1. The number of ether oxygens (including phenoxy) is 2. The monoisotopic (exact) mass is 434 g/mol. The van der Waals surface area contributed by atoms with E-state index in [0.717, 1.165) is 83.6 Å². The molecule has 0 bridgehead atoms. The molecule has 1 saturated heterocycles. The SMILES string of the molecule is O=C(CCCCCC[C@H]1C(F)CC[C@@H]1CNc1ccccc1)OCCN1CCOCC1. The number of para-hydroxylation sites is 1. The van der Waals surface area contributed by atoms with Gasteiger partial charge in [0.15, 0.2) is 0 Å². The summed E-state index contributed by atoms with van der Waals surface area (Å²) in [6, 6.07) is 10.2. The maximum Gasteiger partial charge on any atom is 0.305 e. The van der Waals surface area contributed by atoms with E-state index in [1.165, 1.54) is 0 Å². The fourth-order valence-corrected chi connectivity index (χ4v) is 4.76. The van der Waals surface area contributed by atoms with Gasteiger partial charge < -0.3 is 14.8 Å². The van der Waals surface area contributed by atoms with Gasteiger partial charge in [0.25, 0.3) is 0 Å². The van der Waals surface area contributed by atoms with E-state index in [4.69, 9.17) is 9.47 Å². The molecule has 1 N–H and O–H groups in total. The Labute approximate surface area is 186 Å². The quantitative estimate of drug-likeness (QED) is 0.361. The van der Waals surface area contributed by atoms with Gasteiger partial charge in [-0.2, -0.15) is 0 Å². The number of unbranched alkanes of at least 4 members (excludes halogenated alkanes) is 3. The van der Waals surface area contributed by atoms with Gasteiger partial charge in [-0.15, -0.1) is 0 Å². The summed E-state index contributed by atoms with van der Waals surface area (Å²) in [6.07, 6.45) is 6.42. The zero-order valence-corrected chi connectivity index (χ0v) is 18.8. The van der Waals surface area contributed by atoms with E-state index >= 15 is 0 Å². The van der Waals surface area contributed by atoms with Crippen molar-refractivity contribution in [3.8, 4) is 0 Å². The van der Waals surface area contributed by atoms with Crippen LogP contribution in [0.5, 0.6) is 0 Å². The number of morpholine rings is 1. The molecule has 0 spiro atoms. The summed E-state index contributed by atoms with van der Waals surface area (Å²) in [4.78, 5) is 14.1. The minimum Gasteiger partial charge on any atom is -0.464 e. The Kier molecular flexibility index (Phi) is 10.6. The first kappa shape index (κ1) is 24.0. The molecule has 1 saturated carbocycles. The van der Waals surface area contributed by atoms with E-state index in [-0.39, 0.29) is 11.9 Å². The average molecular weight is 435 g/mol. The van der Waals surface area contributed by atoms with Crippen molar-refractivity contribution >= 4 is 11.7 Å². The number of nitrogens with one attached hydrogen (secondary N) is 1. The summed E-state index contributed by atoms with van der Waals surface area (Å²) in [6.45, 7) is 5.48. The van der Waals surface area contributed by atoms with Gasteiger partial charge in [0, 0.05) is 38.3 Å². The number of nitrogens with zero attached hydrogens (tertiary/aromatic N) is 1. The molecule has 6 heteroatoms. The van der Waals surface area contributed by atoms with Gasteiger partial charge in [0.1, 0.15) is 12.8 Å². The minimum absolute atomic E-state index is 0.0973. The number of anilines is 1. The first-order chi connectivity index (χ1) is 15.2. The molecular formula is C25H39FN2O3. The highest BCUT2D eigenvalue weighted by Gasteiger charge is 2.35. The molecule has 0 aromatic heterocycles. The second-order valence-electron chi connectivity index (χ2n) is 8.89. The molecule has 1 unspecified atom stereocenters. The Morgan fingerprint density at radius 3 is 2.68 bits per heavy atom. The first-order valence-corrected chi connectivity index (χ1v) is 12.1. The van der Waals surface area contributed by atoms with Crippen LogP contribution in [0.4, 0.5) is 10.1 Å². The Hall–Kier alpha value is -1.66. The molecule has 0 amide bonds. The van der Waals surface area contributed by atoms with Crippen LogP contribution in [0.1, 0.15) is 51.4 Å². The number of hydrogen-bond acceptors (Lipinski definition) is 5. The molecule has 3 rings (SSSR count). The predicted octanol–water partition coefficient (Wildman–Crippen LogP) is 4.68. The number of esters is 1. The number of carbonyl (C=O) groups excluding carboxylic acids is 1. The molecule has 5 nitrogen and oxygen atoms in total. The summed E-state index contributed by atoms with van der Waals surface area (Å²) < 4.78 is 25.1. The van der Waals surface area contributed by atoms with E-state index in [0.29, 0.717) is 25.4 Å². The Bertz CT molecular complexity index is 624. The standard InChI is InChI=1S/C25H39FN2O3/c26-24-13-12-21(20-27-22-8-4-3-5-9-22)23(24)10-6-1-2-7-11-25(29)31-19-16-28-14-17-30-18-15-28/h3-5,8-9,21,23-24,27H,1-2,6-7,10-20H2/t21-,23-,24?/m1/s1. The maximum absolute atomic E-state index is 14.4. The van der Waals surface area contributed by atoms with Gasteiger partial charge in [-0.05, 0) is 49.7 Å². The lowest BCUT2D eigenvalue weighted by Gasteiger charge is -2.26. The smallest absolute Gasteiger partial charge is 0.305 e. The van der Waals surface area contributed by atoms with Gasteiger partial charge in [-0.3, -0.25) is 9.69 Å². The van der Waals surface area contributed by atoms with Gasteiger partial charge in [-0.25, -0.2) is 4.39 Å². The van der Waals surface area contributed by atoms with Crippen LogP contribution < -0.4 is 5.32 Å². The van der Waals surface area contributed by atoms with E-state index in [1.54, 1.807) is 0 Å². The van der Waals surface area contributed by atoms with Crippen molar-refractivity contribution in [2.24, 2.45) is 11.8 Å². The maximum atomic E-state index is 14.4. The average Bonchev–Trinajstić information content (AvgIpc) is 3.15. The van der Waals surface area contributed by atoms with Crippen molar-refractivity contribution in [3.05, 3.63) is 30.3 Å². The van der Waals surface area contributed by atoms with Crippen LogP contribution in [0.15, 0.2) is 30.3 Å². The number of rotatable bonds is 13. The van der Waals surface area contributed by atoms with E-state index < -0.39 is 6.17 Å². The zero-order chi connectivity index (χ0) is 21.7. The number of hydrogen-bond donors (Lipinski definition) is 1. The fourth-order valence-electron chi connectivity index (χ4n) is 4.76. The van der Waals surface area contributed by atoms with E-state index in [9.17, 15) is 9.18 Å². The fraction of sp³-hybridized carbons (Fsp3) is 0.720. The molecule has 1 aromatic carbocycles. The highest BCUT2D eigenvalue weighted by atomic mass is 19.1. The normalized spacial score (nSPS) is 24.2. The molecule has 3 atom stereocenters. The van der Waals surface area contributed by atoms with Gasteiger partial charge in [-0.1, -0.05) is 37.5 Å². The molecule has 1 aliphatic carbocycles. The number of carbonyl (C=O) groups is 1. The summed E-state index contributed by atoms with van der Waals surface area (Å²) in [5, 5.41) is 3.47. The summed E-state index contributed by atoms with van der Waals surface area (Å²) >= 11 is 0. The van der Waals surface area contributed by atoms with Crippen LogP contribution >= 0.6 is 0 Å². The Morgan fingerprint density at radius 1 is 1.10 bits per heavy atom. The predicted molar refractivity (Wildman–Crippen MR) is 122 cm³/mol. The molecule has 174 valence electrons. The van der Waals surface area contributed by atoms with Gasteiger partial charge >= 0.3 is 5.97 Å². The van der Waals surface area contributed by atoms with Crippen LogP contribution in [0.25, 0.3) is 0 Å². The molecule has 1 aliphatic heterocycles. The van der Waals surface area contributed by atoms with Crippen molar-refractivity contribution in [2.75, 3.05) is 51.3 Å². The van der Waals surface area contributed by atoms with Crippen LogP contribution in [0.3, 0.4) is 0 Å². The van der Waals surface area contributed by atoms with Crippen LogP contribution in [0, 0.1) is 11.8 Å². The molecule has 1 heterocycles. The second-order valence-corrected chi connectivity index (χ2v) is 8.89. The molecule has 31 heavy (non-hydrogen) atoms. The van der Waals surface area contributed by atoms with Crippen molar-refractivity contribution in [2.45, 2.75) is 57.5 Å². The lowest BCUT2D eigenvalue weighted by atomic mass is 9.89. The Morgan fingerprint density at radius 2 is 1.87 bits per heavy atom. The molecule has 1 aromatic rings. The second kappa shape index (κ2) is 13.7. The van der Waals surface area contributed by atoms with Crippen molar-refractivity contribution in [1.82, 2.24) is 4.90 Å². The van der Waals surface area contributed by atoms with Crippen molar-refractivity contribution < 1.29 is 18.7 Å². The lowest BCUT2D eigenvalue weighted by Crippen LogP contribution is -2.38. The van der Waals surface area contributed by atoms with Gasteiger partial charge in [0.2, 0.25) is 0 Å². The Balaban J connectivity index is 1.21. The molecular weight excluding hydrogens is 395 g/mol. The first-order valence-electron chi connectivity index (χ1n) is 12.1. The van der Waals surface area contributed by atoms with Crippen LogP contribution in [-0.2, 0) is 14.3 Å². The largest absolute Gasteiger partial charge is 0.464 e. The number of alkyl halides is 1. The lowest BCUT2D eigenvalue weighted by molar-refractivity contribution is -0.144. The summed E-state index contributed by atoms with van der Waals surface area (Å²) in [5.41, 5.74) is 1.11. The third kappa shape index (κ3) is 8.77. The summed E-state index contributed by atoms with van der Waals surface area (Å²) in [5.74, 6) is 0.484. The van der Waals surface area contributed by atoms with Crippen LogP contribution in [-0.4, -0.2) is 63.0 Å². The minimum atomic E-state index is -0.663. The van der Waals surface area contributed by atoms with Crippen molar-refractivity contribution in [1.29, 1.82) is 0 Å². The molecule has 0 radical (unpaired) electrons. The molecule has 2 aliphatic rings. The third-order valence-electron chi connectivity index (χ3n) is 6.67. The van der Waals surface area contributed by atoms with Crippen LogP contribution in [0.2, 0.25) is 0 Å². The van der Waals surface area contributed by atoms with Crippen molar-refractivity contribution in [3.63, 3.8) is 0 Å². The highest BCUT2D eigenvalue weighted by Crippen LogP contribution is 2.38. The van der Waals surface area contributed by atoms with E-state index in [2.05, 4.69) is 22.3 Å². The summed E-state index contributed by atoms with van der Waals surface area (Å²) in [7, 11) is 0. The third-order valence-corrected chi connectivity index (χ3v) is 6.67. The zero-order valence-electron chi connectivity index (χ0n) is 18.8. The van der Waals surface area contributed by atoms with E-state index in [1.807, 2.05) is 18.2 Å².